The molecule has 3 amide bonds. The zero-order valence-electron chi connectivity index (χ0n) is 21.7. The number of fused-ring (bicyclic) bond motifs is 1. The molecule has 3 rings (SSSR count). The number of benzene rings is 1. The number of guanidine groups is 1. The van der Waals surface area contributed by atoms with Crippen molar-refractivity contribution in [3.8, 4) is 0 Å². The number of hydrogen-bond donors (Lipinski definition) is 9. The van der Waals surface area contributed by atoms with Crippen LogP contribution in [-0.4, -0.2) is 80.9 Å². The maximum atomic E-state index is 13.2. The minimum absolute atomic E-state index is 0.0647. The first-order chi connectivity index (χ1) is 19.1. The smallest absolute Gasteiger partial charge is 0.326 e. The summed E-state index contributed by atoms with van der Waals surface area (Å²) in [5.74, 6) is -3.27. The second kappa shape index (κ2) is 14.3. The number of carboxylic acids is 1. The number of nitrogens with two attached hydrogens (primary N) is 3. The van der Waals surface area contributed by atoms with Gasteiger partial charge < -0.3 is 48.2 Å². The third-order valence-electron chi connectivity index (χ3n) is 6.07. The fourth-order valence-corrected chi connectivity index (χ4v) is 4.03. The summed E-state index contributed by atoms with van der Waals surface area (Å²) >= 11 is 0. The number of aromatic amines is 2. The van der Waals surface area contributed by atoms with Crippen LogP contribution in [0.5, 0.6) is 0 Å². The van der Waals surface area contributed by atoms with Crippen molar-refractivity contribution in [1.82, 2.24) is 30.9 Å². The van der Waals surface area contributed by atoms with Gasteiger partial charge in [0.15, 0.2) is 5.96 Å². The highest BCUT2D eigenvalue weighted by atomic mass is 16.4. The topological polar surface area (TPSA) is 259 Å². The van der Waals surface area contributed by atoms with Crippen LogP contribution in [0.2, 0.25) is 0 Å². The van der Waals surface area contributed by atoms with E-state index in [0.717, 1.165) is 16.5 Å². The fourth-order valence-electron chi connectivity index (χ4n) is 4.03. The molecule has 0 radical (unpaired) electrons. The van der Waals surface area contributed by atoms with Crippen molar-refractivity contribution in [3.05, 3.63) is 54.2 Å². The summed E-state index contributed by atoms with van der Waals surface area (Å²) in [6.07, 6.45) is 5.35. The molecule has 15 heteroatoms. The molecule has 12 N–H and O–H groups in total. The van der Waals surface area contributed by atoms with E-state index in [-0.39, 0.29) is 31.8 Å². The van der Waals surface area contributed by atoms with Crippen molar-refractivity contribution in [2.45, 2.75) is 43.8 Å². The van der Waals surface area contributed by atoms with E-state index in [2.05, 4.69) is 35.9 Å². The third kappa shape index (κ3) is 8.83. The largest absolute Gasteiger partial charge is 0.480 e. The summed E-state index contributed by atoms with van der Waals surface area (Å²) < 4.78 is 0. The molecule has 0 saturated carbocycles. The molecule has 15 nitrogen and oxygen atoms in total. The van der Waals surface area contributed by atoms with Gasteiger partial charge in [0.05, 0.1) is 18.9 Å². The van der Waals surface area contributed by atoms with Crippen molar-refractivity contribution in [3.63, 3.8) is 0 Å². The second-order valence-corrected chi connectivity index (χ2v) is 9.14. The Morgan fingerprint density at radius 2 is 1.80 bits per heavy atom. The molecule has 40 heavy (non-hydrogen) atoms. The molecule has 3 aromatic rings. The standard InChI is InChI=1S/C25H34N10O5/c26-17(9-15-11-29-13-33-15)22(37)32-12-21(36)34-20(8-14-10-31-18-5-2-1-4-16(14)18)23(38)35-19(24(39)40)6-3-7-30-25(27)28/h1-2,4-5,10-11,13,17,19-20,31H,3,6-9,12,26H2,(H,29,33)(H,32,37)(H,34,36)(H,35,38)(H,39,40)(H4,27,28,30). The van der Waals surface area contributed by atoms with Gasteiger partial charge in [0.25, 0.3) is 0 Å². The normalized spacial score (nSPS) is 13.1. The number of amides is 3. The average molecular weight is 555 g/mol. The average Bonchev–Trinajstić information content (AvgIpc) is 3.58. The number of carbonyl (C=O) groups excluding carboxylic acids is 3. The van der Waals surface area contributed by atoms with Crippen molar-refractivity contribution in [1.29, 1.82) is 0 Å². The van der Waals surface area contributed by atoms with Crippen LogP contribution in [0.25, 0.3) is 10.9 Å². The van der Waals surface area contributed by atoms with Crippen LogP contribution < -0.4 is 33.2 Å². The van der Waals surface area contributed by atoms with Crippen LogP contribution in [0.4, 0.5) is 0 Å². The molecule has 3 unspecified atom stereocenters. The van der Waals surface area contributed by atoms with E-state index in [0.29, 0.717) is 12.1 Å². The van der Waals surface area contributed by atoms with E-state index in [4.69, 9.17) is 17.2 Å². The molecule has 0 aliphatic rings. The summed E-state index contributed by atoms with van der Waals surface area (Å²) in [7, 11) is 0. The molecule has 0 saturated heterocycles. The van der Waals surface area contributed by atoms with Gasteiger partial charge in [-0.1, -0.05) is 18.2 Å². The van der Waals surface area contributed by atoms with Crippen LogP contribution in [0.1, 0.15) is 24.1 Å². The molecule has 0 spiro atoms. The fraction of sp³-hybridized carbons (Fsp3) is 0.360. The van der Waals surface area contributed by atoms with Gasteiger partial charge in [0.1, 0.15) is 12.1 Å². The number of imidazole rings is 1. The Kier molecular flexibility index (Phi) is 10.6. The quantitative estimate of drug-likeness (QED) is 0.0584. The van der Waals surface area contributed by atoms with Gasteiger partial charge in [-0.15, -0.1) is 0 Å². The first kappa shape index (κ1) is 29.6. The Hall–Kier alpha value is -4.92. The number of carbonyl (C=O) groups is 4. The number of aliphatic imine (C=N–C) groups is 1. The minimum Gasteiger partial charge on any atom is -0.480 e. The number of hydrogen-bond acceptors (Lipinski definition) is 7. The summed E-state index contributed by atoms with van der Waals surface area (Å²) in [6, 6.07) is 4.13. The number of para-hydroxylation sites is 1. The highest BCUT2D eigenvalue weighted by Gasteiger charge is 2.27. The van der Waals surface area contributed by atoms with Crippen LogP contribution in [0.15, 0.2) is 48.0 Å². The van der Waals surface area contributed by atoms with E-state index >= 15 is 0 Å². The maximum Gasteiger partial charge on any atom is 0.326 e. The second-order valence-electron chi connectivity index (χ2n) is 9.14. The first-order valence-electron chi connectivity index (χ1n) is 12.6. The SMILES string of the molecule is NC(N)=NCCCC(NC(=O)C(Cc1c[nH]c2ccccc12)NC(=O)CNC(=O)C(N)Cc1cnc[nH]1)C(=O)O. The number of nitrogens with one attached hydrogen (secondary N) is 5. The molecule has 214 valence electrons. The number of H-pyrrole nitrogens is 2. The van der Waals surface area contributed by atoms with Crippen molar-refractivity contribution in [2.24, 2.45) is 22.2 Å². The molecule has 1 aromatic carbocycles. The predicted molar refractivity (Wildman–Crippen MR) is 147 cm³/mol. The molecule has 0 aliphatic carbocycles. The van der Waals surface area contributed by atoms with Crippen LogP contribution >= 0.6 is 0 Å². The summed E-state index contributed by atoms with van der Waals surface area (Å²) in [4.78, 5) is 63.8. The number of rotatable bonds is 15. The van der Waals surface area contributed by atoms with Gasteiger partial charge >= 0.3 is 5.97 Å². The van der Waals surface area contributed by atoms with E-state index in [9.17, 15) is 24.3 Å². The number of carboxylic acid groups (broad SMARTS) is 1. The number of aliphatic carboxylic acids is 1. The molecule has 0 fully saturated rings. The highest BCUT2D eigenvalue weighted by Crippen LogP contribution is 2.19. The molecular weight excluding hydrogens is 520 g/mol. The summed E-state index contributed by atoms with van der Waals surface area (Å²) in [6.45, 7) is -0.242. The Labute approximate surface area is 229 Å². The molecule has 2 aromatic heterocycles. The van der Waals surface area contributed by atoms with E-state index in [1.165, 1.54) is 6.33 Å². The van der Waals surface area contributed by atoms with E-state index < -0.39 is 48.4 Å². The number of aromatic nitrogens is 3. The predicted octanol–water partition coefficient (Wildman–Crippen LogP) is -1.77. The Bertz CT molecular complexity index is 1330. The zero-order chi connectivity index (χ0) is 29.1. The zero-order valence-corrected chi connectivity index (χ0v) is 21.7. The molecule has 0 bridgehead atoms. The molecule has 0 aliphatic heterocycles. The summed E-state index contributed by atoms with van der Waals surface area (Å²) in [5.41, 5.74) is 18.7. The highest BCUT2D eigenvalue weighted by molar-refractivity contribution is 5.93. The lowest BCUT2D eigenvalue weighted by Gasteiger charge is -2.22. The first-order valence-corrected chi connectivity index (χ1v) is 12.6. The van der Waals surface area contributed by atoms with Gasteiger partial charge in [0, 0.05) is 48.4 Å². The van der Waals surface area contributed by atoms with E-state index in [1.54, 1.807) is 12.4 Å². The van der Waals surface area contributed by atoms with Crippen molar-refractivity contribution >= 4 is 40.6 Å². The third-order valence-corrected chi connectivity index (χ3v) is 6.07. The van der Waals surface area contributed by atoms with Gasteiger partial charge in [-0.2, -0.15) is 0 Å². The molecular formula is C25H34N10O5. The number of nitrogens with zero attached hydrogens (tertiary/aromatic N) is 2. The lowest BCUT2D eigenvalue weighted by molar-refractivity contribution is -0.142. The Morgan fingerprint density at radius 3 is 2.50 bits per heavy atom. The summed E-state index contributed by atoms with van der Waals surface area (Å²) in [5, 5.41) is 18.0. The van der Waals surface area contributed by atoms with Gasteiger partial charge in [0.2, 0.25) is 17.7 Å². The molecule has 3 atom stereocenters. The maximum absolute atomic E-state index is 13.2. The van der Waals surface area contributed by atoms with Gasteiger partial charge in [-0.3, -0.25) is 19.4 Å². The lowest BCUT2D eigenvalue weighted by atomic mass is 10.0. The van der Waals surface area contributed by atoms with Gasteiger partial charge in [-0.05, 0) is 24.5 Å². The monoisotopic (exact) mass is 554 g/mol. The van der Waals surface area contributed by atoms with Crippen molar-refractivity contribution in [2.75, 3.05) is 13.1 Å². The van der Waals surface area contributed by atoms with Crippen LogP contribution in [0, 0.1) is 0 Å². The molecule has 2 heterocycles. The van der Waals surface area contributed by atoms with Crippen LogP contribution in [0.3, 0.4) is 0 Å². The minimum atomic E-state index is -1.24. The Balaban J connectivity index is 1.66. The Morgan fingerprint density at radius 1 is 1.02 bits per heavy atom. The van der Waals surface area contributed by atoms with Gasteiger partial charge in [-0.25, -0.2) is 9.78 Å². The van der Waals surface area contributed by atoms with Crippen molar-refractivity contribution < 1.29 is 24.3 Å². The van der Waals surface area contributed by atoms with E-state index in [1.807, 2.05) is 24.3 Å². The van der Waals surface area contributed by atoms with Crippen LogP contribution in [-0.2, 0) is 32.0 Å². The lowest BCUT2D eigenvalue weighted by Crippen LogP contribution is -2.54.